The van der Waals surface area contributed by atoms with E-state index in [-0.39, 0.29) is 5.91 Å². The quantitative estimate of drug-likeness (QED) is 0.883. The Kier molecular flexibility index (Phi) is 6.06. The predicted octanol–water partition coefficient (Wildman–Crippen LogP) is 2.92. The summed E-state index contributed by atoms with van der Waals surface area (Å²) in [5, 5.41) is 3.19. The predicted molar refractivity (Wildman–Crippen MR) is 87.9 cm³/mol. The SMILES string of the molecule is CNCCC1CCN(C(=O)c2ccc(OC)c(Br)c2)CC1. The molecule has 0 radical (unpaired) electrons. The number of piperidine rings is 1. The molecule has 0 aliphatic carbocycles. The number of rotatable bonds is 5. The topological polar surface area (TPSA) is 41.6 Å². The van der Waals surface area contributed by atoms with Gasteiger partial charge in [-0.25, -0.2) is 0 Å². The number of likely N-dealkylation sites (tertiary alicyclic amines) is 1. The zero-order chi connectivity index (χ0) is 15.2. The molecule has 0 saturated carbocycles. The van der Waals surface area contributed by atoms with Crippen LogP contribution in [0.3, 0.4) is 0 Å². The molecule has 1 N–H and O–H groups in total. The standard InChI is InChI=1S/C16H23BrN2O2/c1-18-8-5-12-6-9-19(10-7-12)16(20)13-3-4-15(21-2)14(17)11-13/h3-4,11-12,18H,5-10H2,1-2H3. The maximum Gasteiger partial charge on any atom is 0.253 e. The molecule has 1 amide bonds. The first-order valence-corrected chi connectivity index (χ1v) is 8.22. The van der Waals surface area contributed by atoms with Crippen molar-refractivity contribution in [1.29, 1.82) is 0 Å². The molecule has 0 unspecified atom stereocenters. The minimum atomic E-state index is 0.116. The monoisotopic (exact) mass is 354 g/mol. The van der Waals surface area contributed by atoms with Crippen molar-refractivity contribution in [2.75, 3.05) is 33.8 Å². The van der Waals surface area contributed by atoms with E-state index in [0.717, 1.165) is 54.2 Å². The lowest BCUT2D eigenvalue weighted by atomic mass is 9.93. The van der Waals surface area contributed by atoms with Crippen LogP contribution in [-0.4, -0.2) is 44.6 Å². The van der Waals surface area contributed by atoms with E-state index < -0.39 is 0 Å². The van der Waals surface area contributed by atoms with E-state index >= 15 is 0 Å². The van der Waals surface area contributed by atoms with Crippen LogP contribution in [-0.2, 0) is 0 Å². The Labute approximate surface area is 135 Å². The number of amides is 1. The molecule has 1 fully saturated rings. The van der Waals surface area contributed by atoms with Gasteiger partial charge in [0.05, 0.1) is 11.6 Å². The van der Waals surface area contributed by atoms with Gasteiger partial charge in [-0.3, -0.25) is 4.79 Å². The molecule has 0 spiro atoms. The third kappa shape index (κ3) is 4.20. The maximum atomic E-state index is 12.5. The number of hydrogen-bond acceptors (Lipinski definition) is 3. The highest BCUT2D eigenvalue weighted by Crippen LogP contribution is 2.27. The van der Waals surface area contributed by atoms with Crippen LogP contribution in [0.2, 0.25) is 0 Å². The summed E-state index contributed by atoms with van der Waals surface area (Å²) in [5.41, 5.74) is 0.719. The van der Waals surface area contributed by atoms with Gasteiger partial charge in [-0.05, 0) is 72.9 Å². The third-order valence-electron chi connectivity index (χ3n) is 4.10. The second kappa shape index (κ2) is 7.80. The Bertz CT molecular complexity index is 485. The fourth-order valence-corrected chi connectivity index (χ4v) is 3.30. The van der Waals surface area contributed by atoms with Crippen molar-refractivity contribution in [3.63, 3.8) is 0 Å². The highest BCUT2D eigenvalue weighted by molar-refractivity contribution is 9.10. The van der Waals surface area contributed by atoms with Crippen molar-refractivity contribution in [2.24, 2.45) is 5.92 Å². The van der Waals surface area contributed by atoms with Crippen LogP contribution in [0.15, 0.2) is 22.7 Å². The second-order valence-electron chi connectivity index (χ2n) is 5.48. The van der Waals surface area contributed by atoms with Crippen molar-refractivity contribution in [1.82, 2.24) is 10.2 Å². The summed E-state index contributed by atoms with van der Waals surface area (Å²) < 4.78 is 6.02. The van der Waals surface area contributed by atoms with Gasteiger partial charge in [0.15, 0.2) is 0 Å². The van der Waals surface area contributed by atoms with Crippen LogP contribution >= 0.6 is 15.9 Å². The minimum Gasteiger partial charge on any atom is -0.496 e. The van der Waals surface area contributed by atoms with Crippen LogP contribution in [0, 0.1) is 5.92 Å². The van der Waals surface area contributed by atoms with E-state index in [1.54, 1.807) is 7.11 Å². The summed E-state index contributed by atoms with van der Waals surface area (Å²) in [7, 11) is 3.61. The van der Waals surface area contributed by atoms with E-state index in [9.17, 15) is 4.79 Å². The van der Waals surface area contributed by atoms with Crippen LogP contribution in [0.25, 0.3) is 0 Å². The largest absolute Gasteiger partial charge is 0.496 e. The zero-order valence-corrected chi connectivity index (χ0v) is 14.3. The lowest BCUT2D eigenvalue weighted by Crippen LogP contribution is -2.38. The van der Waals surface area contributed by atoms with E-state index in [2.05, 4.69) is 21.2 Å². The van der Waals surface area contributed by atoms with Gasteiger partial charge < -0.3 is 15.0 Å². The summed E-state index contributed by atoms with van der Waals surface area (Å²) in [6.45, 7) is 2.78. The van der Waals surface area contributed by atoms with E-state index in [1.165, 1.54) is 6.42 Å². The molecule has 1 saturated heterocycles. The lowest BCUT2D eigenvalue weighted by molar-refractivity contribution is 0.0687. The number of hydrogen-bond donors (Lipinski definition) is 1. The highest BCUT2D eigenvalue weighted by Gasteiger charge is 2.23. The molecule has 4 nitrogen and oxygen atoms in total. The van der Waals surface area contributed by atoms with Gasteiger partial charge in [0, 0.05) is 18.7 Å². The molecule has 5 heteroatoms. The molecule has 116 valence electrons. The molecule has 1 heterocycles. The van der Waals surface area contributed by atoms with E-state index in [0.29, 0.717) is 0 Å². The molecular formula is C16H23BrN2O2. The molecule has 1 aliphatic rings. The third-order valence-corrected chi connectivity index (χ3v) is 4.72. The van der Waals surface area contributed by atoms with Crippen LogP contribution < -0.4 is 10.1 Å². The summed E-state index contributed by atoms with van der Waals surface area (Å²) >= 11 is 3.43. The van der Waals surface area contributed by atoms with E-state index in [4.69, 9.17) is 4.74 Å². The normalized spacial score (nSPS) is 16.0. The summed E-state index contributed by atoms with van der Waals surface area (Å²) in [6.07, 6.45) is 3.40. The number of ether oxygens (including phenoxy) is 1. The Balaban J connectivity index is 1.94. The number of methoxy groups -OCH3 is 1. The molecular weight excluding hydrogens is 332 g/mol. The van der Waals surface area contributed by atoms with Crippen LogP contribution in [0.4, 0.5) is 0 Å². The first-order valence-electron chi connectivity index (χ1n) is 7.43. The number of carbonyl (C=O) groups excluding carboxylic acids is 1. The summed E-state index contributed by atoms with van der Waals surface area (Å²) in [6, 6.07) is 5.50. The lowest BCUT2D eigenvalue weighted by Gasteiger charge is -2.32. The smallest absolute Gasteiger partial charge is 0.253 e. The average Bonchev–Trinajstić information content (AvgIpc) is 2.52. The molecule has 1 aromatic carbocycles. The Hall–Kier alpha value is -1.07. The zero-order valence-electron chi connectivity index (χ0n) is 12.7. The maximum absolute atomic E-state index is 12.5. The minimum absolute atomic E-state index is 0.116. The van der Waals surface area contributed by atoms with Crippen molar-refractivity contribution in [2.45, 2.75) is 19.3 Å². The molecule has 1 aromatic rings. The Morgan fingerprint density at radius 3 is 2.71 bits per heavy atom. The Morgan fingerprint density at radius 1 is 1.43 bits per heavy atom. The molecule has 21 heavy (non-hydrogen) atoms. The van der Waals surface area contributed by atoms with Gasteiger partial charge >= 0.3 is 0 Å². The second-order valence-corrected chi connectivity index (χ2v) is 6.33. The Morgan fingerprint density at radius 2 is 2.14 bits per heavy atom. The van der Waals surface area contributed by atoms with Gasteiger partial charge in [0.25, 0.3) is 5.91 Å². The van der Waals surface area contributed by atoms with Gasteiger partial charge in [0.2, 0.25) is 0 Å². The van der Waals surface area contributed by atoms with E-state index in [1.807, 2.05) is 30.1 Å². The number of halogens is 1. The number of benzene rings is 1. The molecule has 0 bridgehead atoms. The first kappa shape index (κ1) is 16.3. The van der Waals surface area contributed by atoms with Gasteiger partial charge in [0.1, 0.15) is 5.75 Å². The van der Waals surface area contributed by atoms with Gasteiger partial charge in [-0.1, -0.05) is 0 Å². The fourth-order valence-electron chi connectivity index (χ4n) is 2.76. The number of nitrogens with zero attached hydrogens (tertiary/aromatic N) is 1. The number of nitrogens with one attached hydrogen (secondary N) is 1. The number of carbonyl (C=O) groups is 1. The van der Waals surface area contributed by atoms with Crippen molar-refractivity contribution < 1.29 is 9.53 Å². The van der Waals surface area contributed by atoms with Crippen LogP contribution in [0.5, 0.6) is 5.75 Å². The fraction of sp³-hybridized carbons (Fsp3) is 0.562. The van der Waals surface area contributed by atoms with Crippen LogP contribution in [0.1, 0.15) is 29.6 Å². The highest BCUT2D eigenvalue weighted by atomic mass is 79.9. The van der Waals surface area contributed by atoms with Gasteiger partial charge in [-0.15, -0.1) is 0 Å². The average molecular weight is 355 g/mol. The van der Waals surface area contributed by atoms with Gasteiger partial charge in [-0.2, -0.15) is 0 Å². The first-order chi connectivity index (χ1) is 10.2. The molecule has 0 atom stereocenters. The van der Waals surface area contributed by atoms with Crippen molar-refractivity contribution >= 4 is 21.8 Å². The molecule has 0 aromatic heterocycles. The molecule has 2 rings (SSSR count). The van der Waals surface area contributed by atoms with Crippen molar-refractivity contribution in [3.8, 4) is 5.75 Å². The summed E-state index contributed by atoms with van der Waals surface area (Å²) in [5.74, 6) is 1.60. The summed E-state index contributed by atoms with van der Waals surface area (Å²) in [4.78, 5) is 14.5. The molecule has 1 aliphatic heterocycles. The van der Waals surface area contributed by atoms with Crippen molar-refractivity contribution in [3.05, 3.63) is 28.2 Å².